The van der Waals surface area contributed by atoms with Crippen molar-refractivity contribution in [2.75, 3.05) is 39.6 Å². The summed E-state index contributed by atoms with van der Waals surface area (Å²) >= 11 is 0. The van der Waals surface area contributed by atoms with Crippen LogP contribution in [0.3, 0.4) is 0 Å². The molecule has 2 unspecified atom stereocenters. The highest BCUT2D eigenvalue weighted by Crippen LogP contribution is 2.45. The number of hydrogen-bond donors (Lipinski definition) is 3. The van der Waals surface area contributed by atoms with E-state index in [1.54, 1.807) is 0 Å². The number of carbonyl (C=O) groups is 4. The molecular weight excluding hydrogens is 1310 g/mol. The van der Waals surface area contributed by atoms with Gasteiger partial charge in [-0.2, -0.15) is 0 Å². The van der Waals surface area contributed by atoms with Gasteiger partial charge in [0.2, 0.25) is 0 Å². The van der Waals surface area contributed by atoms with Gasteiger partial charge in [-0.1, -0.05) is 381 Å². The second kappa shape index (κ2) is 73.9. The summed E-state index contributed by atoms with van der Waals surface area (Å²) in [4.78, 5) is 73.0. The van der Waals surface area contributed by atoms with Gasteiger partial charge in [0.25, 0.3) is 0 Å². The molecule has 0 amide bonds. The van der Waals surface area contributed by atoms with Crippen molar-refractivity contribution in [1.29, 1.82) is 0 Å². The Morgan fingerprint density at radius 1 is 0.270 bits per heavy atom. The van der Waals surface area contributed by atoms with E-state index < -0.39 is 97.5 Å². The van der Waals surface area contributed by atoms with Crippen LogP contribution in [0.25, 0.3) is 0 Å². The number of rotatable bonds is 81. The molecular formula is C81H158O17P2. The molecule has 0 fully saturated rings. The molecule has 594 valence electrons. The van der Waals surface area contributed by atoms with Crippen molar-refractivity contribution in [2.45, 2.75) is 451 Å². The predicted octanol–water partition coefficient (Wildman–Crippen LogP) is 24.4. The molecule has 0 spiro atoms. The molecule has 100 heavy (non-hydrogen) atoms. The van der Waals surface area contributed by atoms with Crippen molar-refractivity contribution in [3.63, 3.8) is 0 Å². The second-order valence-electron chi connectivity index (χ2n) is 29.6. The van der Waals surface area contributed by atoms with E-state index in [0.29, 0.717) is 25.7 Å². The second-order valence-corrected chi connectivity index (χ2v) is 32.5. The fourth-order valence-electron chi connectivity index (χ4n) is 12.6. The van der Waals surface area contributed by atoms with E-state index in [4.69, 9.17) is 37.0 Å². The first-order valence-corrected chi connectivity index (χ1v) is 45.1. The maximum absolute atomic E-state index is 13.1. The van der Waals surface area contributed by atoms with Gasteiger partial charge in [0, 0.05) is 25.7 Å². The van der Waals surface area contributed by atoms with E-state index in [0.717, 1.165) is 95.8 Å². The molecule has 0 aliphatic carbocycles. The Balaban J connectivity index is 5.20. The molecule has 0 heterocycles. The first-order chi connectivity index (χ1) is 48.5. The van der Waals surface area contributed by atoms with Gasteiger partial charge in [-0.25, -0.2) is 9.13 Å². The quantitative estimate of drug-likeness (QED) is 0.0222. The van der Waals surface area contributed by atoms with Crippen LogP contribution in [0, 0.1) is 5.92 Å². The minimum absolute atomic E-state index is 0.108. The highest BCUT2D eigenvalue weighted by Gasteiger charge is 2.30. The molecule has 0 aliphatic heterocycles. The molecule has 0 saturated heterocycles. The van der Waals surface area contributed by atoms with E-state index in [9.17, 15) is 43.2 Å². The number of aliphatic hydroxyl groups excluding tert-OH is 1. The number of ether oxygens (including phenoxy) is 4. The normalized spacial score (nSPS) is 13.8. The Kier molecular flexibility index (Phi) is 72.5. The Hall–Kier alpha value is -1.94. The summed E-state index contributed by atoms with van der Waals surface area (Å²) in [5.74, 6) is -1.34. The lowest BCUT2D eigenvalue weighted by molar-refractivity contribution is -0.161. The lowest BCUT2D eigenvalue weighted by atomic mass is 10.0. The van der Waals surface area contributed by atoms with Gasteiger partial charge in [-0.05, 0) is 31.6 Å². The van der Waals surface area contributed by atoms with Crippen molar-refractivity contribution in [3.8, 4) is 0 Å². The average Bonchev–Trinajstić information content (AvgIpc) is 1.73. The van der Waals surface area contributed by atoms with Crippen molar-refractivity contribution >= 4 is 39.5 Å². The summed E-state index contributed by atoms with van der Waals surface area (Å²) < 4.78 is 68.7. The van der Waals surface area contributed by atoms with Gasteiger partial charge < -0.3 is 33.8 Å². The van der Waals surface area contributed by atoms with Gasteiger partial charge in [0.05, 0.1) is 26.4 Å². The maximum Gasteiger partial charge on any atom is 0.472 e. The molecule has 5 atom stereocenters. The van der Waals surface area contributed by atoms with Crippen LogP contribution in [0.1, 0.15) is 433 Å². The standard InChI is InChI=1S/C81H158O17P2/c1-6-9-12-15-18-21-24-26-27-28-29-30-31-32-33-34-36-41-47-52-57-62-67-81(86)98-77(71-92-79(84)65-60-55-50-45-42-37-39-43-48-53-58-63-74(4)5)73-96-100(89,90)94-69-75(82)68-93-99(87,88)95-72-76(70-91-78(83)64-59-54-49-44-38-23-20-17-14-11-8-3)97-80(85)66-61-56-51-46-40-35-25-22-19-16-13-10-7-2/h74-77,82H,6-73H2,1-5H3,(H,87,88)(H,89,90)/t75-,76+,77+/m0/s1. The zero-order chi connectivity index (χ0) is 73.4. The number of esters is 4. The summed E-state index contributed by atoms with van der Waals surface area (Å²) in [6, 6.07) is 0. The van der Waals surface area contributed by atoms with Crippen LogP contribution in [0.2, 0.25) is 0 Å². The van der Waals surface area contributed by atoms with E-state index in [-0.39, 0.29) is 25.7 Å². The summed E-state index contributed by atoms with van der Waals surface area (Å²) in [6.45, 7) is 7.33. The Labute approximate surface area is 613 Å². The maximum atomic E-state index is 13.1. The molecule has 0 radical (unpaired) electrons. The van der Waals surface area contributed by atoms with E-state index in [1.807, 2.05) is 0 Å². The van der Waals surface area contributed by atoms with Crippen LogP contribution in [-0.4, -0.2) is 96.7 Å². The zero-order valence-electron chi connectivity index (χ0n) is 65.3. The Morgan fingerprint density at radius 2 is 0.460 bits per heavy atom. The fourth-order valence-corrected chi connectivity index (χ4v) is 14.2. The van der Waals surface area contributed by atoms with Crippen LogP contribution in [0.5, 0.6) is 0 Å². The van der Waals surface area contributed by atoms with Crippen LogP contribution in [0.4, 0.5) is 0 Å². The van der Waals surface area contributed by atoms with Crippen molar-refractivity contribution in [2.24, 2.45) is 5.92 Å². The smallest absolute Gasteiger partial charge is 0.462 e. The fraction of sp³-hybridized carbons (Fsp3) is 0.951. The zero-order valence-corrected chi connectivity index (χ0v) is 67.1. The third-order valence-electron chi connectivity index (χ3n) is 19.0. The Morgan fingerprint density at radius 3 is 0.680 bits per heavy atom. The molecule has 0 saturated carbocycles. The highest BCUT2D eigenvalue weighted by molar-refractivity contribution is 7.47. The van der Waals surface area contributed by atoms with Gasteiger partial charge in [-0.3, -0.25) is 37.3 Å². The summed E-state index contributed by atoms with van der Waals surface area (Å²) in [6.07, 6.45) is 65.2. The van der Waals surface area contributed by atoms with Crippen molar-refractivity contribution < 1.29 is 80.2 Å². The third kappa shape index (κ3) is 74.3. The molecule has 0 aromatic rings. The highest BCUT2D eigenvalue weighted by atomic mass is 31.2. The number of hydrogen-bond acceptors (Lipinski definition) is 15. The Bertz CT molecular complexity index is 1910. The van der Waals surface area contributed by atoms with E-state index in [1.165, 1.54) is 257 Å². The minimum atomic E-state index is -4.96. The van der Waals surface area contributed by atoms with Gasteiger partial charge in [0.1, 0.15) is 19.3 Å². The minimum Gasteiger partial charge on any atom is -0.462 e. The molecule has 0 aromatic carbocycles. The van der Waals surface area contributed by atoms with Crippen LogP contribution in [-0.2, 0) is 65.4 Å². The summed E-state index contributed by atoms with van der Waals surface area (Å²) in [7, 11) is -9.92. The largest absolute Gasteiger partial charge is 0.472 e. The van der Waals surface area contributed by atoms with Gasteiger partial charge >= 0.3 is 39.5 Å². The van der Waals surface area contributed by atoms with Crippen LogP contribution in [0.15, 0.2) is 0 Å². The number of unbranched alkanes of at least 4 members (excludes halogenated alkanes) is 53. The number of carbonyl (C=O) groups excluding carboxylic acids is 4. The third-order valence-corrected chi connectivity index (χ3v) is 20.9. The first kappa shape index (κ1) is 98.1. The van der Waals surface area contributed by atoms with Crippen LogP contribution < -0.4 is 0 Å². The molecule has 0 aliphatic rings. The molecule has 0 bridgehead atoms. The lowest BCUT2D eigenvalue weighted by Gasteiger charge is -2.21. The van der Waals surface area contributed by atoms with Crippen LogP contribution >= 0.6 is 15.6 Å². The first-order valence-electron chi connectivity index (χ1n) is 42.1. The lowest BCUT2D eigenvalue weighted by Crippen LogP contribution is -2.30. The monoisotopic (exact) mass is 1470 g/mol. The number of aliphatic hydroxyl groups is 1. The van der Waals surface area contributed by atoms with E-state index in [2.05, 4.69) is 34.6 Å². The van der Waals surface area contributed by atoms with Crippen molar-refractivity contribution in [1.82, 2.24) is 0 Å². The topological polar surface area (TPSA) is 237 Å². The average molecular weight is 1470 g/mol. The molecule has 3 N–H and O–H groups in total. The molecule has 0 rings (SSSR count). The molecule has 0 aromatic heterocycles. The SMILES string of the molecule is CCCCCCCCCCCCCCCCCCCCCCCCC(=O)O[C@H](COC(=O)CCCCCCCCCCCCCC(C)C)COP(=O)(O)OC[C@@H](O)COP(=O)(O)OC[C@@H](COC(=O)CCCCCCCCCCCCC)OC(=O)CCCCCCCCCCCCCCC. The molecule has 19 heteroatoms. The number of phosphoric ester groups is 2. The van der Waals surface area contributed by atoms with E-state index >= 15 is 0 Å². The van der Waals surface area contributed by atoms with Crippen molar-refractivity contribution in [3.05, 3.63) is 0 Å². The predicted molar refractivity (Wildman–Crippen MR) is 409 cm³/mol. The summed E-state index contributed by atoms with van der Waals surface area (Å²) in [5, 5.41) is 10.6. The van der Waals surface area contributed by atoms with Gasteiger partial charge in [-0.15, -0.1) is 0 Å². The molecule has 17 nitrogen and oxygen atoms in total. The summed E-state index contributed by atoms with van der Waals surface area (Å²) in [5.41, 5.74) is 0. The van der Waals surface area contributed by atoms with Gasteiger partial charge in [0.15, 0.2) is 12.2 Å². The number of phosphoric acid groups is 2.